The highest BCUT2D eigenvalue weighted by atomic mass is 15.2. The number of anilines is 6. The molecule has 109 heavy (non-hydrogen) atoms. The van der Waals surface area contributed by atoms with Gasteiger partial charge in [0.2, 0.25) is 0 Å². The van der Waals surface area contributed by atoms with Crippen LogP contribution in [0.3, 0.4) is 0 Å². The molecule has 3 nitrogen and oxygen atoms in total. The lowest BCUT2D eigenvalue weighted by Gasteiger charge is -2.46. The molecule has 6 aliphatic carbocycles. The molecule has 0 saturated heterocycles. The van der Waals surface area contributed by atoms with Crippen molar-refractivity contribution in [3.8, 4) is 83.6 Å². The van der Waals surface area contributed by atoms with Gasteiger partial charge in [-0.05, 0) is 210 Å². The van der Waals surface area contributed by atoms with Crippen LogP contribution in [-0.4, -0.2) is 11.3 Å². The summed E-state index contributed by atoms with van der Waals surface area (Å²) >= 11 is 0. The van der Waals surface area contributed by atoms with Gasteiger partial charge in [0.25, 0.3) is 6.71 Å². The van der Waals surface area contributed by atoms with E-state index in [2.05, 4.69) is 390 Å². The molecular weight excluding hydrogens is 1310 g/mol. The van der Waals surface area contributed by atoms with Crippen molar-refractivity contribution in [1.29, 1.82) is 0 Å². The molecule has 17 aromatic carbocycles. The van der Waals surface area contributed by atoms with Crippen molar-refractivity contribution in [2.24, 2.45) is 0 Å². The van der Waals surface area contributed by atoms with Crippen LogP contribution in [0.2, 0.25) is 0 Å². The molecule has 8 aliphatic rings. The van der Waals surface area contributed by atoms with Gasteiger partial charge in [-0.2, -0.15) is 0 Å². The van der Waals surface area contributed by atoms with Gasteiger partial charge in [-0.25, -0.2) is 0 Å². The summed E-state index contributed by atoms with van der Waals surface area (Å²) in [6, 6.07) is 146. The lowest BCUT2D eigenvalue weighted by Crippen LogP contribution is -2.61. The smallest absolute Gasteiger partial charge is 0.252 e. The third-order valence-electron chi connectivity index (χ3n) is 26.6. The first kappa shape index (κ1) is 58.5. The van der Waals surface area contributed by atoms with Gasteiger partial charge in [-0.3, -0.25) is 0 Å². The molecule has 2 aliphatic heterocycles. The molecule has 0 N–H and O–H groups in total. The summed E-state index contributed by atoms with van der Waals surface area (Å²) in [5, 5.41) is 2.44. The number of hydrogen-bond acceptors (Lipinski definition) is 2. The van der Waals surface area contributed by atoms with E-state index in [9.17, 15) is 0 Å². The van der Waals surface area contributed by atoms with Gasteiger partial charge < -0.3 is 14.4 Å². The highest BCUT2D eigenvalue weighted by Crippen LogP contribution is 2.69. The summed E-state index contributed by atoms with van der Waals surface area (Å²) in [6.07, 6.45) is 0. The van der Waals surface area contributed by atoms with Gasteiger partial charge in [0, 0.05) is 44.8 Å². The summed E-state index contributed by atoms with van der Waals surface area (Å²) in [7, 11) is 0. The minimum Gasteiger partial charge on any atom is -0.311 e. The van der Waals surface area contributed by atoms with Crippen LogP contribution in [0.25, 0.3) is 105 Å². The van der Waals surface area contributed by atoms with E-state index >= 15 is 0 Å². The Labute approximate surface area is 631 Å². The van der Waals surface area contributed by atoms with E-state index in [0.717, 1.165) is 39.5 Å². The molecule has 0 amide bonds. The molecule has 0 radical (unpaired) electrons. The van der Waals surface area contributed by atoms with Gasteiger partial charge in [0.05, 0.1) is 38.7 Å². The van der Waals surface area contributed by atoms with E-state index in [1.165, 1.54) is 183 Å². The Morgan fingerprint density at radius 1 is 0.202 bits per heavy atom. The summed E-state index contributed by atoms with van der Waals surface area (Å²) in [6.45, 7) is -0.302. The second-order valence-corrected chi connectivity index (χ2v) is 31.1. The van der Waals surface area contributed by atoms with Crippen LogP contribution in [0.5, 0.6) is 0 Å². The molecule has 500 valence electrons. The first-order valence-corrected chi connectivity index (χ1v) is 38.4. The van der Waals surface area contributed by atoms with Gasteiger partial charge in [-0.1, -0.05) is 322 Å². The van der Waals surface area contributed by atoms with Crippen LogP contribution in [0.4, 0.5) is 34.1 Å². The van der Waals surface area contributed by atoms with E-state index in [-0.39, 0.29) is 6.71 Å². The fraction of sp³-hybridized carbons (Fsp3) is 0.0286. The molecule has 4 heteroatoms. The van der Waals surface area contributed by atoms with Crippen molar-refractivity contribution in [2.75, 3.05) is 9.80 Å². The minimum absolute atomic E-state index is 0.302. The SMILES string of the molecule is c1ccc(-c2ccc(N3c4cc5c(cc4B4c6cc7c(cc6N(c6cccc8c6C6(c9ccccc9-c9ccccc96)c6ccccc6-8)c6cc(-n8c9ccccc9c9ccccc98)cc3c64)-c3ccccc3C73c4ccccc4-c4ccccc43)-c3ccccc3C53c4ccccc4-c4ccccc43)cc2)cc1. The maximum Gasteiger partial charge on any atom is 0.252 e. The predicted octanol–water partition coefficient (Wildman–Crippen LogP) is 23.6. The topological polar surface area (TPSA) is 11.4 Å². The van der Waals surface area contributed by atoms with Crippen LogP contribution >= 0.6 is 0 Å². The molecule has 0 bridgehead atoms. The number of fused-ring (bicyclic) bond motifs is 37. The summed E-state index contributed by atoms with van der Waals surface area (Å²) in [4.78, 5) is 5.50. The van der Waals surface area contributed by atoms with Crippen LogP contribution < -0.4 is 26.2 Å². The largest absolute Gasteiger partial charge is 0.311 e. The third kappa shape index (κ3) is 6.96. The summed E-state index contributed by atoms with van der Waals surface area (Å²) in [5.74, 6) is 0. The van der Waals surface area contributed by atoms with Gasteiger partial charge in [0.1, 0.15) is 0 Å². The first-order chi connectivity index (χ1) is 54.1. The van der Waals surface area contributed by atoms with Crippen LogP contribution in [-0.2, 0) is 16.2 Å². The Balaban J connectivity index is 0.857. The van der Waals surface area contributed by atoms with E-state index in [1.807, 2.05) is 0 Å². The van der Waals surface area contributed by atoms with Gasteiger partial charge in [-0.15, -0.1) is 0 Å². The highest BCUT2D eigenvalue weighted by molar-refractivity contribution is 7.00. The number of benzene rings is 17. The highest BCUT2D eigenvalue weighted by Gasteiger charge is 2.59. The summed E-state index contributed by atoms with van der Waals surface area (Å²) < 4.78 is 2.57. The lowest BCUT2D eigenvalue weighted by molar-refractivity contribution is 0.792. The minimum atomic E-state index is -0.692. The zero-order valence-corrected chi connectivity index (χ0v) is 59.2. The number of para-hydroxylation sites is 2. The monoisotopic (exact) mass is 1380 g/mol. The van der Waals surface area contributed by atoms with Crippen LogP contribution in [0.1, 0.15) is 66.8 Å². The number of hydrogen-bond donors (Lipinski definition) is 0. The molecule has 3 spiro atoms. The second kappa shape index (κ2) is 20.8. The number of nitrogens with zero attached hydrogens (tertiary/aromatic N) is 3. The van der Waals surface area contributed by atoms with E-state index in [4.69, 9.17) is 0 Å². The Morgan fingerprint density at radius 3 is 1.03 bits per heavy atom. The molecule has 0 saturated carbocycles. The number of rotatable bonds is 4. The van der Waals surface area contributed by atoms with Crippen molar-refractivity contribution in [3.63, 3.8) is 0 Å². The van der Waals surface area contributed by atoms with E-state index in [0.29, 0.717) is 0 Å². The van der Waals surface area contributed by atoms with Crippen molar-refractivity contribution < 1.29 is 0 Å². The van der Waals surface area contributed by atoms with Crippen molar-refractivity contribution >= 4 is 79.0 Å². The van der Waals surface area contributed by atoms with Gasteiger partial charge >= 0.3 is 0 Å². The van der Waals surface area contributed by atoms with E-state index < -0.39 is 16.2 Å². The maximum absolute atomic E-state index is 2.80. The zero-order valence-electron chi connectivity index (χ0n) is 59.2. The molecule has 18 aromatic rings. The number of aromatic nitrogens is 1. The molecule has 0 unspecified atom stereocenters. The fourth-order valence-electron chi connectivity index (χ4n) is 22.8. The standard InChI is InChI=1S/C105H62BN3/c1-2-27-63(28-3-1)64-53-55-65(56-54-64)107-98-62-91-79(74-36-11-19-45-85(74)104(91)83-43-17-6-31-69(83)70-32-7-18-44-84(70)104)59-92(98)106-93-61-90-80(75-37-12-20-46-86(75)103(90)81-41-15-4-29-67(81)68-30-5-16-42-82(68)103)60-97(93)109(100-58-66(57-99(107)102(100)106)108-94-50-24-13-38-76(94)77-39-14-25-51-95(77)108)96-52-26-40-78-73-35-10-23-49-89(73)105(101(78)96)87-47-21-8-33-71(87)72-34-9-22-48-88(72)105/h1-62H. The average Bonchev–Trinajstić information content (AvgIpc) is 1.55. The quantitative estimate of drug-likeness (QED) is 0.163. The van der Waals surface area contributed by atoms with E-state index in [1.54, 1.807) is 0 Å². The Bertz CT molecular complexity index is 6950. The Hall–Kier alpha value is -13.8. The van der Waals surface area contributed by atoms with Crippen molar-refractivity contribution in [1.82, 2.24) is 4.57 Å². The predicted molar refractivity (Wildman–Crippen MR) is 449 cm³/mol. The molecule has 3 heterocycles. The van der Waals surface area contributed by atoms with Crippen LogP contribution in [0, 0.1) is 0 Å². The molecule has 1 aromatic heterocycles. The normalized spacial score (nSPS) is 15.0. The molecular formula is C105H62BN3. The Kier molecular flexibility index (Phi) is 11.2. The second-order valence-electron chi connectivity index (χ2n) is 31.1. The summed E-state index contributed by atoms with van der Waals surface area (Å²) in [5.41, 5.74) is 45.7. The zero-order chi connectivity index (χ0) is 70.7. The molecule has 0 atom stereocenters. The molecule has 26 rings (SSSR count). The lowest BCUT2D eigenvalue weighted by atomic mass is 9.33. The maximum atomic E-state index is 2.80. The molecule has 0 fully saturated rings. The fourth-order valence-corrected chi connectivity index (χ4v) is 22.8. The Morgan fingerprint density at radius 2 is 0.550 bits per heavy atom. The third-order valence-corrected chi connectivity index (χ3v) is 26.6. The van der Waals surface area contributed by atoms with Gasteiger partial charge in [0.15, 0.2) is 0 Å². The average molecular weight is 1380 g/mol. The van der Waals surface area contributed by atoms with Crippen molar-refractivity contribution in [2.45, 2.75) is 16.2 Å². The van der Waals surface area contributed by atoms with Crippen LogP contribution in [0.15, 0.2) is 376 Å². The van der Waals surface area contributed by atoms with Crippen molar-refractivity contribution in [3.05, 3.63) is 443 Å². The first-order valence-electron chi connectivity index (χ1n) is 38.4.